The van der Waals surface area contributed by atoms with Gasteiger partial charge in [0.05, 0.1) is 6.42 Å². The van der Waals surface area contributed by atoms with Crippen LogP contribution in [0.2, 0.25) is 0 Å². The number of thiazole rings is 1. The van der Waals surface area contributed by atoms with E-state index in [4.69, 9.17) is 4.74 Å². The minimum atomic E-state index is -0.514. The molecule has 1 aromatic rings. The van der Waals surface area contributed by atoms with Crippen molar-refractivity contribution in [1.29, 1.82) is 0 Å². The lowest BCUT2D eigenvalue weighted by Gasteiger charge is -2.25. The molecule has 1 heterocycles. The number of carbonyl (C=O) groups excluding carboxylic acids is 1. The van der Waals surface area contributed by atoms with Crippen LogP contribution < -0.4 is 0 Å². The molecule has 0 radical (unpaired) electrons. The summed E-state index contributed by atoms with van der Waals surface area (Å²) in [4.78, 5) is 16.5. The first kappa shape index (κ1) is 11.7. The van der Waals surface area contributed by atoms with Gasteiger partial charge >= 0.3 is 0 Å². The molecule has 2 rings (SSSR count). The zero-order valence-electron chi connectivity index (χ0n) is 9.78. The summed E-state index contributed by atoms with van der Waals surface area (Å²) in [6.45, 7) is 1.95. The first-order valence-corrected chi connectivity index (χ1v) is 6.54. The van der Waals surface area contributed by atoms with Crippen LogP contribution in [0.3, 0.4) is 0 Å². The van der Waals surface area contributed by atoms with Gasteiger partial charge < -0.3 is 4.74 Å². The molecule has 1 aliphatic carbocycles. The molecule has 1 aromatic heterocycles. The molecule has 0 aromatic carbocycles. The molecule has 0 spiro atoms. The van der Waals surface area contributed by atoms with Crippen molar-refractivity contribution in [2.75, 3.05) is 7.11 Å². The quantitative estimate of drug-likeness (QED) is 0.810. The number of ketones is 1. The van der Waals surface area contributed by atoms with Crippen LogP contribution in [0, 0.1) is 6.92 Å². The second kappa shape index (κ2) is 4.63. The summed E-state index contributed by atoms with van der Waals surface area (Å²) in [7, 11) is 1.65. The first-order valence-electron chi connectivity index (χ1n) is 5.66. The van der Waals surface area contributed by atoms with E-state index in [0.717, 1.165) is 36.4 Å². The number of aromatic nitrogens is 1. The Morgan fingerprint density at radius 1 is 1.56 bits per heavy atom. The standard InChI is InChI=1S/C12H17NO2S/c1-9-8-16-11(13-9)7-10(14)12(15-2)5-3-4-6-12/h8H,3-7H2,1-2H3. The van der Waals surface area contributed by atoms with E-state index < -0.39 is 5.60 Å². The molecule has 0 N–H and O–H groups in total. The van der Waals surface area contributed by atoms with Crippen molar-refractivity contribution in [3.05, 3.63) is 16.1 Å². The maximum atomic E-state index is 12.2. The van der Waals surface area contributed by atoms with E-state index in [9.17, 15) is 4.79 Å². The second-order valence-electron chi connectivity index (χ2n) is 4.39. The van der Waals surface area contributed by atoms with Crippen molar-refractivity contribution >= 4 is 17.1 Å². The van der Waals surface area contributed by atoms with Crippen LogP contribution in [0.15, 0.2) is 5.38 Å². The number of hydrogen-bond donors (Lipinski definition) is 0. The van der Waals surface area contributed by atoms with Gasteiger partial charge in [-0.25, -0.2) is 4.98 Å². The maximum absolute atomic E-state index is 12.2. The van der Waals surface area contributed by atoms with Gasteiger partial charge in [0.25, 0.3) is 0 Å². The number of rotatable bonds is 4. The zero-order valence-corrected chi connectivity index (χ0v) is 10.6. The summed E-state index contributed by atoms with van der Waals surface area (Å²) in [5, 5.41) is 2.89. The summed E-state index contributed by atoms with van der Waals surface area (Å²) in [5.74, 6) is 0.196. The van der Waals surface area contributed by atoms with Gasteiger partial charge in [-0.1, -0.05) is 0 Å². The van der Waals surface area contributed by atoms with Crippen molar-refractivity contribution < 1.29 is 9.53 Å². The summed E-state index contributed by atoms with van der Waals surface area (Å²) in [5.41, 5.74) is 0.477. The number of Topliss-reactive ketones (excluding diaryl/α,β-unsaturated/α-hetero) is 1. The lowest BCUT2D eigenvalue weighted by atomic mass is 9.94. The van der Waals surface area contributed by atoms with Gasteiger partial charge in [-0.15, -0.1) is 11.3 Å². The molecule has 0 aliphatic heterocycles. The van der Waals surface area contributed by atoms with E-state index in [1.54, 1.807) is 18.4 Å². The first-order chi connectivity index (χ1) is 7.66. The van der Waals surface area contributed by atoms with E-state index in [2.05, 4.69) is 4.98 Å². The zero-order chi connectivity index (χ0) is 11.6. The van der Waals surface area contributed by atoms with E-state index >= 15 is 0 Å². The predicted molar refractivity (Wildman–Crippen MR) is 63.8 cm³/mol. The molecular formula is C12H17NO2S. The molecule has 0 saturated heterocycles. The van der Waals surface area contributed by atoms with Gasteiger partial charge in [0.15, 0.2) is 5.78 Å². The lowest BCUT2D eigenvalue weighted by Crippen LogP contribution is -2.38. The Labute approximate surface area is 99.8 Å². The SMILES string of the molecule is COC1(C(=O)Cc2nc(C)cs2)CCCC1. The van der Waals surface area contributed by atoms with Gasteiger partial charge in [-0.05, 0) is 32.6 Å². The van der Waals surface area contributed by atoms with Crippen LogP contribution in [-0.4, -0.2) is 23.5 Å². The Kier molecular flexibility index (Phi) is 3.40. The van der Waals surface area contributed by atoms with Crippen molar-refractivity contribution in [2.24, 2.45) is 0 Å². The monoisotopic (exact) mass is 239 g/mol. The lowest BCUT2D eigenvalue weighted by molar-refractivity contribution is -0.139. The summed E-state index contributed by atoms with van der Waals surface area (Å²) >= 11 is 1.56. The van der Waals surface area contributed by atoms with Crippen LogP contribution in [0.1, 0.15) is 36.4 Å². The van der Waals surface area contributed by atoms with E-state index in [1.165, 1.54) is 0 Å². The molecule has 1 aliphatic rings. The summed E-state index contributed by atoms with van der Waals surface area (Å²) in [6.07, 6.45) is 4.35. The average Bonchev–Trinajstić information content (AvgIpc) is 2.88. The smallest absolute Gasteiger partial charge is 0.171 e. The van der Waals surface area contributed by atoms with E-state index in [-0.39, 0.29) is 5.78 Å². The molecule has 0 bridgehead atoms. The molecule has 4 heteroatoms. The van der Waals surface area contributed by atoms with Crippen molar-refractivity contribution in [3.8, 4) is 0 Å². The molecular weight excluding hydrogens is 222 g/mol. The third kappa shape index (κ3) is 2.18. The Morgan fingerprint density at radius 3 is 2.75 bits per heavy atom. The summed E-state index contributed by atoms with van der Waals surface area (Å²) in [6, 6.07) is 0. The van der Waals surface area contributed by atoms with Crippen LogP contribution in [0.5, 0.6) is 0 Å². The Bertz CT molecular complexity index is 380. The van der Waals surface area contributed by atoms with Crippen molar-refractivity contribution in [1.82, 2.24) is 4.98 Å². The van der Waals surface area contributed by atoms with Crippen LogP contribution in [-0.2, 0) is 16.0 Å². The fraction of sp³-hybridized carbons (Fsp3) is 0.667. The minimum Gasteiger partial charge on any atom is -0.370 e. The van der Waals surface area contributed by atoms with Crippen molar-refractivity contribution in [2.45, 2.75) is 44.6 Å². The largest absolute Gasteiger partial charge is 0.370 e. The molecule has 88 valence electrons. The molecule has 1 saturated carbocycles. The molecule has 1 fully saturated rings. The topological polar surface area (TPSA) is 39.2 Å². The Balaban J connectivity index is 2.07. The summed E-state index contributed by atoms with van der Waals surface area (Å²) < 4.78 is 5.47. The molecule has 16 heavy (non-hydrogen) atoms. The highest BCUT2D eigenvalue weighted by Crippen LogP contribution is 2.34. The number of carbonyl (C=O) groups is 1. The van der Waals surface area contributed by atoms with E-state index in [0.29, 0.717) is 6.42 Å². The third-order valence-electron chi connectivity index (χ3n) is 3.29. The van der Waals surface area contributed by atoms with Gasteiger partial charge in [0.2, 0.25) is 0 Å². The Hall–Kier alpha value is -0.740. The van der Waals surface area contributed by atoms with Crippen molar-refractivity contribution in [3.63, 3.8) is 0 Å². The average molecular weight is 239 g/mol. The van der Waals surface area contributed by atoms with Gasteiger partial charge in [-0.3, -0.25) is 4.79 Å². The maximum Gasteiger partial charge on any atom is 0.171 e. The number of nitrogens with zero attached hydrogens (tertiary/aromatic N) is 1. The highest BCUT2D eigenvalue weighted by Gasteiger charge is 2.40. The fourth-order valence-corrected chi connectivity index (χ4v) is 3.10. The predicted octanol–water partition coefficient (Wildman–Crippen LogP) is 2.52. The highest BCUT2D eigenvalue weighted by atomic mass is 32.1. The number of ether oxygens (including phenoxy) is 1. The van der Waals surface area contributed by atoms with Gasteiger partial charge in [-0.2, -0.15) is 0 Å². The van der Waals surface area contributed by atoms with E-state index in [1.807, 2.05) is 12.3 Å². The molecule has 3 nitrogen and oxygen atoms in total. The number of aryl methyl sites for hydroxylation is 1. The van der Waals surface area contributed by atoms with Gasteiger partial charge in [0.1, 0.15) is 10.6 Å². The van der Waals surface area contributed by atoms with Crippen LogP contribution in [0.25, 0.3) is 0 Å². The van der Waals surface area contributed by atoms with Gasteiger partial charge in [0, 0.05) is 18.2 Å². The number of hydrogen-bond acceptors (Lipinski definition) is 4. The third-order valence-corrected chi connectivity index (χ3v) is 4.26. The minimum absolute atomic E-state index is 0.196. The molecule has 0 amide bonds. The fourth-order valence-electron chi connectivity index (χ4n) is 2.33. The molecule has 0 atom stereocenters. The van der Waals surface area contributed by atoms with Crippen LogP contribution in [0.4, 0.5) is 0 Å². The normalized spacial score (nSPS) is 18.9. The highest BCUT2D eigenvalue weighted by molar-refractivity contribution is 7.09. The molecule has 0 unspecified atom stereocenters. The number of methoxy groups -OCH3 is 1. The second-order valence-corrected chi connectivity index (χ2v) is 5.33. The Morgan fingerprint density at radius 2 is 2.25 bits per heavy atom. The van der Waals surface area contributed by atoms with Crippen LogP contribution >= 0.6 is 11.3 Å².